The zero-order valence-electron chi connectivity index (χ0n) is 12.3. The van der Waals surface area contributed by atoms with Crippen molar-refractivity contribution in [1.29, 1.82) is 0 Å². The molecular formula is C15H26N2O3. The highest BCUT2D eigenvalue weighted by molar-refractivity contribution is 5.87. The number of aliphatic carboxylic acids is 1. The van der Waals surface area contributed by atoms with Crippen molar-refractivity contribution in [3.63, 3.8) is 0 Å². The number of carbonyl (C=O) groups is 2. The highest BCUT2D eigenvalue weighted by Crippen LogP contribution is 2.38. The maximum Gasteiger partial charge on any atom is 0.326 e. The van der Waals surface area contributed by atoms with E-state index in [4.69, 9.17) is 5.73 Å². The Morgan fingerprint density at radius 3 is 2.60 bits per heavy atom. The van der Waals surface area contributed by atoms with Crippen molar-refractivity contribution in [3.05, 3.63) is 0 Å². The number of hydrogen-bond donors (Lipinski definition) is 2. The van der Waals surface area contributed by atoms with Crippen LogP contribution in [0.2, 0.25) is 0 Å². The first-order chi connectivity index (χ1) is 9.56. The minimum Gasteiger partial charge on any atom is -0.480 e. The van der Waals surface area contributed by atoms with Gasteiger partial charge in [0.2, 0.25) is 5.91 Å². The third-order valence-electron chi connectivity index (χ3n) is 4.83. The minimum atomic E-state index is -0.883. The Morgan fingerprint density at radius 1 is 1.25 bits per heavy atom. The van der Waals surface area contributed by atoms with E-state index in [0.29, 0.717) is 18.8 Å². The summed E-state index contributed by atoms with van der Waals surface area (Å²) >= 11 is 0. The Hall–Kier alpha value is -1.10. The van der Waals surface area contributed by atoms with E-state index in [1.807, 2.05) is 6.92 Å². The SMILES string of the molecule is CCCC(N)C(=O)N1C(C(=O)O)CCC2CCCCC21. The van der Waals surface area contributed by atoms with Crippen LogP contribution in [-0.2, 0) is 9.59 Å². The van der Waals surface area contributed by atoms with Crippen LogP contribution in [0, 0.1) is 5.92 Å². The monoisotopic (exact) mass is 282 g/mol. The van der Waals surface area contributed by atoms with E-state index >= 15 is 0 Å². The molecule has 1 aliphatic heterocycles. The van der Waals surface area contributed by atoms with Crippen molar-refractivity contribution in [2.45, 2.75) is 76.4 Å². The van der Waals surface area contributed by atoms with Gasteiger partial charge in [-0.2, -0.15) is 0 Å². The van der Waals surface area contributed by atoms with Crippen molar-refractivity contribution in [3.8, 4) is 0 Å². The maximum atomic E-state index is 12.6. The molecule has 1 heterocycles. The molecule has 0 aromatic carbocycles. The first-order valence-corrected chi connectivity index (χ1v) is 7.86. The van der Waals surface area contributed by atoms with Crippen molar-refractivity contribution in [2.24, 2.45) is 11.7 Å². The van der Waals surface area contributed by atoms with Crippen LogP contribution in [0.5, 0.6) is 0 Å². The summed E-state index contributed by atoms with van der Waals surface area (Å²) in [6.07, 6.45) is 7.28. The Bertz CT molecular complexity index is 372. The quantitative estimate of drug-likeness (QED) is 0.822. The molecule has 5 nitrogen and oxygen atoms in total. The number of likely N-dealkylation sites (tertiary alicyclic amines) is 1. The smallest absolute Gasteiger partial charge is 0.326 e. The minimum absolute atomic E-state index is 0.0917. The number of rotatable bonds is 4. The molecule has 0 bridgehead atoms. The second-order valence-corrected chi connectivity index (χ2v) is 6.18. The van der Waals surface area contributed by atoms with Gasteiger partial charge in [0, 0.05) is 6.04 Å². The standard InChI is InChI=1S/C15H26N2O3/c1-2-5-11(16)14(18)17-12-7-4-3-6-10(12)8-9-13(17)15(19)20/h10-13H,2-9,16H2,1H3,(H,19,20). The fraction of sp³-hybridized carbons (Fsp3) is 0.867. The lowest BCUT2D eigenvalue weighted by atomic mass is 9.76. The lowest BCUT2D eigenvalue weighted by Crippen LogP contribution is -2.60. The van der Waals surface area contributed by atoms with E-state index in [0.717, 1.165) is 32.1 Å². The molecule has 0 spiro atoms. The van der Waals surface area contributed by atoms with Gasteiger partial charge in [0.25, 0.3) is 0 Å². The summed E-state index contributed by atoms with van der Waals surface area (Å²) in [5.41, 5.74) is 5.96. The Balaban J connectivity index is 2.20. The van der Waals surface area contributed by atoms with Crippen LogP contribution in [0.4, 0.5) is 0 Å². The van der Waals surface area contributed by atoms with Crippen molar-refractivity contribution in [2.75, 3.05) is 0 Å². The number of hydrogen-bond acceptors (Lipinski definition) is 3. The van der Waals surface area contributed by atoms with Crippen LogP contribution in [0.3, 0.4) is 0 Å². The number of carboxylic acid groups (broad SMARTS) is 1. The highest BCUT2D eigenvalue weighted by Gasteiger charge is 2.44. The first kappa shape index (κ1) is 15.3. The molecule has 20 heavy (non-hydrogen) atoms. The average Bonchev–Trinajstić information content (AvgIpc) is 2.45. The van der Waals surface area contributed by atoms with E-state index in [1.165, 1.54) is 6.42 Å². The first-order valence-electron chi connectivity index (χ1n) is 7.86. The van der Waals surface area contributed by atoms with Gasteiger partial charge < -0.3 is 15.7 Å². The molecule has 0 aromatic heterocycles. The molecule has 2 rings (SSSR count). The van der Waals surface area contributed by atoms with Gasteiger partial charge in [0.1, 0.15) is 6.04 Å². The van der Waals surface area contributed by atoms with Crippen LogP contribution in [0.25, 0.3) is 0 Å². The van der Waals surface area contributed by atoms with Crippen molar-refractivity contribution < 1.29 is 14.7 Å². The Morgan fingerprint density at radius 2 is 1.95 bits per heavy atom. The summed E-state index contributed by atoms with van der Waals surface area (Å²) in [6, 6.07) is -1.14. The number of fused-ring (bicyclic) bond motifs is 1. The molecule has 2 aliphatic rings. The van der Waals surface area contributed by atoms with Crippen LogP contribution in [-0.4, -0.2) is 40.0 Å². The molecular weight excluding hydrogens is 256 g/mol. The molecule has 2 fully saturated rings. The number of nitrogens with zero attached hydrogens (tertiary/aromatic N) is 1. The van der Waals surface area contributed by atoms with Gasteiger partial charge in [-0.25, -0.2) is 4.79 Å². The molecule has 114 valence electrons. The van der Waals surface area contributed by atoms with Gasteiger partial charge in [-0.05, 0) is 38.0 Å². The number of nitrogens with two attached hydrogens (primary N) is 1. The number of carbonyl (C=O) groups excluding carboxylic acids is 1. The van der Waals surface area contributed by atoms with Gasteiger partial charge in [-0.15, -0.1) is 0 Å². The van der Waals surface area contributed by atoms with Crippen LogP contribution in [0.15, 0.2) is 0 Å². The lowest BCUT2D eigenvalue weighted by Gasteiger charge is -2.47. The zero-order valence-corrected chi connectivity index (χ0v) is 12.3. The fourth-order valence-corrected chi connectivity index (χ4v) is 3.82. The Kier molecular flexibility index (Phi) is 5.02. The molecule has 1 saturated heterocycles. The molecule has 1 saturated carbocycles. The summed E-state index contributed by atoms with van der Waals surface area (Å²) < 4.78 is 0. The molecule has 4 atom stereocenters. The highest BCUT2D eigenvalue weighted by atomic mass is 16.4. The van der Waals surface area contributed by atoms with E-state index < -0.39 is 18.1 Å². The normalized spacial score (nSPS) is 31.5. The maximum absolute atomic E-state index is 12.6. The zero-order chi connectivity index (χ0) is 14.7. The molecule has 0 aromatic rings. The van der Waals surface area contributed by atoms with Crippen LogP contribution in [0.1, 0.15) is 58.3 Å². The fourth-order valence-electron chi connectivity index (χ4n) is 3.82. The summed E-state index contributed by atoms with van der Waals surface area (Å²) in [6.45, 7) is 1.99. The van der Waals surface area contributed by atoms with E-state index in [2.05, 4.69) is 0 Å². The molecule has 5 heteroatoms. The molecule has 4 unspecified atom stereocenters. The summed E-state index contributed by atoms with van der Waals surface area (Å²) in [7, 11) is 0. The predicted octanol–water partition coefficient (Wildman–Crippen LogP) is 1.75. The van der Waals surface area contributed by atoms with Gasteiger partial charge in [0.05, 0.1) is 6.04 Å². The topological polar surface area (TPSA) is 83.6 Å². The molecule has 1 amide bonds. The second-order valence-electron chi connectivity index (χ2n) is 6.18. The van der Waals surface area contributed by atoms with Crippen molar-refractivity contribution >= 4 is 11.9 Å². The van der Waals surface area contributed by atoms with Gasteiger partial charge >= 0.3 is 5.97 Å². The largest absolute Gasteiger partial charge is 0.480 e. The van der Waals surface area contributed by atoms with E-state index in [9.17, 15) is 14.7 Å². The Labute approximate surface area is 120 Å². The number of amides is 1. The van der Waals surface area contributed by atoms with Crippen LogP contribution < -0.4 is 5.73 Å². The number of piperidine rings is 1. The average molecular weight is 282 g/mol. The van der Waals surface area contributed by atoms with E-state index in [1.54, 1.807) is 4.90 Å². The molecule has 3 N–H and O–H groups in total. The number of carboxylic acids is 1. The van der Waals surface area contributed by atoms with Crippen molar-refractivity contribution in [1.82, 2.24) is 4.90 Å². The van der Waals surface area contributed by atoms with Gasteiger partial charge in [-0.1, -0.05) is 26.2 Å². The predicted molar refractivity (Wildman–Crippen MR) is 76.1 cm³/mol. The summed E-state index contributed by atoms with van der Waals surface area (Å²) in [4.78, 5) is 25.7. The van der Waals surface area contributed by atoms with Gasteiger partial charge in [0.15, 0.2) is 0 Å². The summed E-state index contributed by atoms with van der Waals surface area (Å²) in [5, 5.41) is 9.42. The van der Waals surface area contributed by atoms with Crippen LogP contribution >= 0.6 is 0 Å². The third kappa shape index (κ3) is 2.97. The third-order valence-corrected chi connectivity index (χ3v) is 4.83. The summed E-state index contributed by atoms with van der Waals surface area (Å²) in [5.74, 6) is -0.570. The van der Waals surface area contributed by atoms with E-state index in [-0.39, 0.29) is 11.9 Å². The molecule has 1 aliphatic carbocycles. The van der Waals surface area contributed by atoms with Gasteiger partial charge in [-0.3, -0.25) is 4.79 Å². The second kappa shape index (κ2) is 6.57. The lowest BCUT2D eigenvalue weighted by molar-refractivity contribution is -0.159. The molecule has 0 radical (unpaired) electrons.